The van der Waals surface area contributed by atoms with Crippen LogP contribution in [0.4, 0.5) is 0 Å². The fourth-order valence-corrected chi connectivity index (χ4v) is 2.25. The molecule has 3 rings (SSSR count). The van der Waals surface area contributed by atoms with Crippen molar-refractivity contribution in [2.24, 2.45) is 0 Å². The van der Waals surface area contributed by atoms with Crippen molar-refractivity contribution in [3.63, 3.8) is 0 Å². The molecule has 0 spiro atoms. The number of benzene rings is 2. The molecule has 18 heavy (non-hydrogen) atoms. The second kappa shape index (κ2) is 4.65. The first-order valence-corrected chi connectivity index (χ1v) is 6.68. The smallest absolute Gasteiger partial charge is 0.138 e. The summed E-state index contributed by atoms with van der Waals surface area (Å²) in [6.45, 7) is 0. The van der Waals surface area contributed by atoms with Crippen molar-refractivity contribution in [2.75, 3.05) is 7.11 Å². The maximum absolute atomic E-state index is 5.85. The van der Waals surface area contributed by atoms with E-state index in [0.29, 0.717) is 0 Å². The Morgan fingerprint density at radius 1 is 1.00 bits per heavy atom. The third kappa shape index (κ3) is 2.10. The average molecular weight is 350 g/mol. The van der Waals surface area contributed by atoms with Gasteiger partial charge in [-0.25, -0.2) is 0 Å². The Kier molecular flexibility index (Phi) is 2.99. The molecule has 0 fully saturated rings. The maximum atomic E-state index is 5.85. The Balaban J connectivity index is 2.10. The number of furan rings is 1. The summed E-state index contributed by atoms with van der Waals surface area (Å²) in [4.78, 5) is 0. The number of ether oxygens (including phenoxy) is 1. The van der Waals surface area contributed by atoms with Gasteiger partial charge in [-0.3, -0.25) is 0 Å². The minimum atomic E-state index is 0.811. The Morgan fingerprint density at radius 3 is 2.50 bits per heavy atom. The molecule has 1 heterocycles. The third-order valence-electron chi connectivity index (χ3n) is 2.86. The zero-order valence-corrected chi connectivity index (χ0v) is 12.0. The summed E-state index contributed by atoms with van der Waals surface area (Å²) >= 11 is 2.29. The van der Waals surface area contributed by atoms with Crippen molar-refractivity contribution in [3.05, 3.63) is 52.1 Å². The van der Waals surface area contributed by atoms with E-state index in [-0.39, 0.29) is 0 Å². The Morgan fingerprint density at radius 2 is 1.78 bits per heavy atom. The normalized spacial score (nSPS) is 10.8. The number of hydrogen-bond acceptors (Lipinski definition) is 2. The fourth-order valence-electron chi connectivity index (χ4n) is 1.89. The van der Waals surface area contributed by atoms with Crippen LogP contribution < -0.4 is 4.74 Å². The van der Waals surface area contributed by atoms with Crippen molar-refractivity contribution in [1.29, 1.82) is 0 Å². The second-order valence-corrected chi connectivity index (χ2v) is 5.27. The van der Waals surface area contributed by atoms with Gasteiger partial charge < -0.3 is 9.15 Å². The van der Waals surface area contributed by atoms with Gasteiger partial charge in [-0.15, -0.1) is 0 Å². The maximum Gasteiger partial charge on any atom is 0.138 e. The monoisotopic (exact) mass is 350 g/mol. The molecule has 2 nitrogen and oxygen atoms in total. The van der Waals surface area contributed by atoms with E-state index in [2.05, 4.69) is 52.9 Å². The van der Waals surface area contributed by atoms with E-state index < -0.39 is 0 Å². The number of rotatable bonds is 2. The molecule has 0 bridgehead atoms. The first-order chi connectivity index (χ1) is 8.76. The van der Waals surface area contributed by atoms with Gasteiger partial charge in [0, 0.05) is 20.6 Å². The Hall–Kier alpha value is -1.49. The summed E-state index contributed by atoms with van der Waals surface area (Å²) in [6.07, 6.45) is 0. The van der Waals surface area contributed by atoms with Gasteiger partial charge in [0.05, 0.1) is 7.11 Å². The molecule has 90 valence electrons. The van der Waals surface area contributed by atoms with E-state index >= 15 is 0 Å². The van der Waals surface area contributed by atoms with Crippen molar-refractivity contribution < 1.29 is 9.15 Å². The Bertz CT molecular complexity index is 683. The molecule has 3 aromatic rings. The van der Waals surface area contributed by atoms with Gasteiger partial charge in [0.25, 0.3) is 0 Å². The summed E-state index contributed by atoms with van der Waals surface area (Å²) in [6, 6.07) is 16.2. The lowest BCUT2D eigenvalue weighted by Crippen LogP contribution is -1.79. The van der Waals surface area contributed by atoms with Crippen molar-refractivity contribution >= 4 is 33.6 Å². The molecule has 0 unspecified atom stereocenters. The molecule has 3 heteroatoms. The van der Waals surface area contributed by atoms with Gasteiger partial charge in [-0.1, -0.05) is 12.1 Å². The first kappa shape index (κ1) is 11.6. The van der Waals surface area contributed by atoms with Gasteiger partial charge in [-0.2, -0.15) is 0 Å². The second-order valence-electron chi connectivity index (χ2n) is 4.02. The van der Waals surface area contributed by atoms with E-state index in [1.54, 1.807) is 7.11 Å². The summed E-state index contributed by atoms with van der Waals surface area (Å²) in [5.41, 5.74) is 1.94. The van der Waals surface area contributed by atoms with Crippen LogP contribution in [0.25, 0.3) is 22.3 Å². The summed E-state index contributed by atoms with van der Waals surface area (Å²) in [5.74, 6) is 1.70. The predicted octanol–water partition coefficient (Wildman–Crippen LogP) is 4.71. The summed E-state index contributed by atoms with van der Waals surface area (Å²) in [7, 11) is 1.66. The summed E-state index contributed by atoms with van der Waals surface area (Å²) in [5, 5.41) is 1.09. The van der Waals surface area contributed by atoms with Crippen LogP contribution in [0.3, 0.4) is 0 Å². The number of fused-ring (bicyclic) bond motifs is 1. The van der Waals surface area contributed by atoms with Crippen LogP contribution in [0.2, 0.25) is 0 Å². The summed E-state index contributed by atoms with van der Waals surface area (Å²) < 4.78 is 12.3. The topological polar surface area (TPSA) is 22.4 Å². The van der Waals surface area contributed by atoms with Gasteiger partial charge in [0.1, 0.15) is 17.1 Å². The predicted molar refractivity (Wildman–Crippen MR) is 80.9 cm³/mol. The van der Waals surface area contributed by atoms with E-state index in [1.165, 1.54) is 3.57 Å². The molecule has 0 radical (unpaired) electrons. The van der Waals surface area contributed by atoms with Gasteiger partial charge in [0.15, 0.2) is 0 Å². The SMILES string of the molecule is COc1ccc2cc(-c3ccc(I)cc3)oc2c1. The van der Waals surface area contributed by atoms with E-state index in [4.69, 9.17) is 9.15 Å². The van der Waals surface area contributed by atoms with Crippen LogP contribution in [0.5, 0.6) is 5.75 Å². The number of hydrogen-bond donors (Lipinski definition) is 0. The zero-order valence-electron chi connectivity index (χ0n) is 9.81. The quantitative estimate of drug-likeness (QED) is 0.625. The molecule has 0 N–H and O–H groups in total. The molecule has 0 aliphatic rings. The van der Waals surface area contributed by atoms with E-state index in [9.17, 15) is 0 Å². The third-order valence-corrected chi connectivity index (χ3v) is 3.58. The van der Waals surface area contributed by atoms with Crippen molar-refractivity contribution in [3.8, 4) is 17.1 Å². The molecule has 0 aliphatic carbocycles. The molecule has 0 aliphatic heterocycles. The van der Waals surface area contributed by atoms with Crippen LogP contribution in [-0.2, 0) is 0 Å². The molecule has 0 saturated carbocycles. The lowest BCUT2D eigenvalue weighted by atomic mass is 10.1. The minimum Gasteiger partial charge on any atom is -0.497 e. The lowest BCUT2D eigenvalue weighted by molar-refractivity contribution is 0.414. The zero-order chi connectivity index (χ0) is 12.5. The lowest BCUT2D eigenvalue weighted by Gasteiger charge is -1.97. The molecule has 0 amide bonds. The van der Waals surface area contributed by atoms with Crippen LogP contribution in [-0.4, -0.2) is 7.11 Å². The highest BCUT2D eigenvalue weighted by molar-refractivity contribution is 14.1. The molecule has 1 aromatic heterocycles. The fraction of sp³-hybridized carbons (Fsp3) is 0.0667. The van der Waals surface area contributed by atoms with Crippen LogP contribution in [0.15, 0.2) is 52.9 Å². The van der Waals surface area contributed by atoms with Crippen LogP contribution >= 0.6 is 22.6 Å². The standard InChI is InChI=1S/C15H11IO2/c1-17-13-7-4-11-8-14(18-15(11)9-13)10-2-5-12(16)6-3-10/h2-9H,1H3. The van der Waals surface area contributed by atoms with E-state index in [0.717, 1.165) is 28.0 Å². The molecule has 2 aromatic carbocycles. The van der Waals surface area contributed by atoms with Crippen LogP contribution in [0, 0.1) is 3.57 Å². The van der Waals surface area contributed by atoms with Crippen molar-refractivity contribution in [2.45, 2.75) is 0 Å². The average Bonchev–Trinajstić information content (AvgIpc) is 2.82. The van der Waals surface area contributed by atoms with Crippen molar-refractivity contribution in [1.82, 2.24) is 0 Å². The molecule has 0 atom stereocenters. The largest absolute Gasteiger partial charge is 0.497 e. The number of halogens is 1. The number of methoxy groups -OCH3 is 1. The van der Waals surface area contributed by atoms with E-state index in [1.807, 2.05) is 18.2 Å². The van der Waals surface area contributed by atoms with Gasteiger partial charge in [0.2, 0.25) is 0 Å². The highest BCUT2D eigenvalue weighted by Crippen LogP contribution is 2.30. The molecular weight excluding hydrogens is 339 g/mol. The Labute approximate surface area is 119 Å². The molecular formula is C15H11IO2. The minimum absolute atomic E-state index is 0.811. The van der Waals surface area contributed by atoms with Gasteiger partial charge in [-0.05, 0) is 52.9 Å². The van der Waals surface area contributed by atoms with Crippen LogP contribution in [0.1, 0.15) is 0 Å². The highest BCUT2D eigenvalue weighted by atomic mass is 127. The highest BCUT2D eigenvalue weighted by Gasteiger charge is 2.06. The van der Waals surface area contributed by atoms with Gasteiger partial charge >= 0.3 is 0 Å². The molecule has 0 saturated heterocycles. The first-order valence-electron chi connectivity index (χ1n) is 5.60.